The van der Waals surface area contributed by atoms with Crippen LogP contribution in [0.4, 0.5) is 5.69 Å². The molecule has 2 aromatic rings. The predicted octanol–water partition coefficient (Wildman–Crippen LogP) is 3.10. The second kappa shape index (κ2) is 6.39. The summed E-state index contributed by atoms with van der Waals surface area (Å²) in [6.45, 7) is 6.56. The van der Waals surface area contributed by atoms with Gasteiger partial charge in [-0.3, -0.25) is 9.48 Å². The van der Waals surface area contributed by atoms with Crippen LogP contribution in [0.2, 0.25) is 0 Å². The van der Waals surface area contributed by atoms with Crippen molar-refractivity contribution >= 4 is 17.7 Å². The summed E-state index contributed by atoms with van der Waals surface area (Å²) in [5.74, 6) is -0.0219. The summed E-state index contributed by atoms with van der Waals surface area (Å²) in [4.78, 5) is 14.1. The monoisotopic (exact) mass is 283 g/mol. The van der Waals surface area contributed by atoms with Gasteiger partial charge in [-0.25, -0.2) is 0 Å². The topological polar surface area (TPSA) is 38.1 Å². The Morgan fingerprint density at radius 3 is 2.48 bits per heavy atom. The van der Waals surface area contributed by atoms with Crippen LogP contribution in [0.1, 0.15) is 23.9 Å². The molecule has 0 N–H and O–H groups in total. The number of benzene rings is 1. The molecule has 2 rings (SSSR count). The third kappa shape index (κ3) is 3.21. The minimum absolute atomic E-state index is 0.0219. The summed E-state index contributed by atoms with van der Waals surface area (Å²) >= 11 is 0. The number of nitrogens with zero attached hydrogens (tertiary/aromatic N) is 3. The number of amides is 1. The number of para-hydroxylation sites is 1. The third-order valence-corrected chi connectivity index (χ3v) is 3.61. The number of aryl methyl sites for hydroxylation is 2. The maximum atomic E-state index is 12.4. The highest BCUT2D eigenvalue weighted by atomic mass is 16.2. The second-order valence-corrected chi connectivity index (χ2v) is 4.96. The van der Waals surface area contributed by atoms with E-state index in [0.29, 0.717) is 6.54 Å². The van der Waals surface area contributed by atoms with Crippen molar-refractivity contribution in [2.24, 2.45) is 7.05 Å². The Balaban J connectivity index is 2.22. The van der Waals surface area contributed by atoms with Crippen molar-refractivity contribution in [1.82, 2.24) is 9.78 Å². The lowest BCUT2D eigenvalue weighted by molar-refractivity contribution is -0.114. The first-order chi connectivity index (χ1) is 10.0. The molecular weight excluding hydrogens is 262 g/mol. The number of rotatable bonds is 4. The quantitative estimate of drug-likeness (QED) is 0.809. The van der Waals surface area contributed by atoms with Gasteiger partial charge in [0.05, 0.1) is 5.69 Å². The van der Waals surface area contributed by atoms with E-state index in [-0.39, 0.29) is 5.91 Å². The molecule has 0 atom stereocenters. The standard InChI is InChI=1S/C17H21N3O/c1-5-20(15-9-7-6-8-10-15)17(21)12-11-16-13(2)18-19(4)14(16)3/h6-12H,5H2,1-4H3. The Labute approximate surface area is 125 Å². The fourth-order valence-corrected chi connectivity index (χ4v) is 2.35. The molecule has 0 aliphatic heterocycles. The average molecular weight is 283 g/mol. The molecule has 0 radical (unpaired) electrons. The summed E-state index contributed by atoms with van der Waals surface area (Å²) in [6.07, 6.45) is 3.47. The molecule has 1 heterocycles. The molecule has 110 valence electrons. The molecule has 4 nitrogen and oxygen atoms in total. The largest absolute Gasteiger partial charge is 0.309 e. The van der Waals surface area contributed by atoms with Crippen molar-refractivity contribution in [2.45, 2.75) is 20.8 Å². The van der Waals surface area contributed by atoms with Crippen LogP contribution in [-0.2, 0) is 11.8 Å². The van der Waals surface area contributed by atoms with Gasteiger partial charge in [0.2, 0.25) is 0 Å². The van der Waals surface area contributed by atoms with E-state index < -0.39 is 0 Å². The van der Waals surface area contributed by atoms with Crippen LogP contribution < -0.4 is 4.90 Å². The Hall–Kier alpha value is -2.36. The number of anilines is 1. The van der Waals surface area contributed by atoms with Crippen molar-refractivity contribution in [1.29, 1.82) is 0 Å². The van der Waals surface area contributed by atoms with Gasteiger partial charge in [-0.05, 0) is 39.0 Å². The SMILES string of the molecule is CCN(C(=O)C=Cc1c(C)nn(C)c1C)c1ccccc1. The first-order valence-electron chi connectivity index (χ1n) is 7.09. The van der Waals surface area contributed by atoms with E-state index in [4.69, 9.17) is 0 Å². The van der Waals surface area contributed by atoms with Crippen LogP contribution in [0.5, 0.6) is 0 Å². The zero-order valence-electron chi connectivity index (χ0n) is 13.0. The summed E-state index contributed by atoms with van der Waals surface area (Å²) < 4.78 is 1.83. The molecule has 1 aromatic carbocycles. The van der Waals surface area contributed by atoms with Crippen LogP contribution in [0.3, 0.4) is 0 Å². The molecular formula is C17H21N3O. The Morgan fingerprint density at radius 1 is 1.29 bits per heavy atom. The van der Waals surface area contributed by atoms with Gasteiger partial charge in [0.25, 0.3) is 5.91 Å². The van der Waals surface area contributed by atoms with E-state index in [2.05, 4.69) is 5.10 Å². The molecule has 0 saturated heterocycles. The van der Waals surface area contributed by atoms with Crippen molar-refractivity contribution in [3.63, 3.8) is 0 Å². The van der Waals surface area contributed by atoms with Crippen LogP contribution in [0.15, 0.2) is 36.4 Å². The molecule has 1 aromatic heterocycles. The van der Waals surface area contributed by atoms with Crippen molar-refractivity contribution in [2.75, 3.05) is 11.4 Å². The fraction of sp³-hybridized carbons (Fsp3) is 0.294. The highest BCUT2D eigenvalue weighted by Crippen LogP contribution is 2.16. The minimum atomic E-state index is -0.0219. The lowest BCUT2D eigenvalue weighted by Crippen LogP contribution is -2.28. The summed E-state index contributed by atoms with van der Waals surface area (Å²) in [5, 5.41) is 4.35. The van der Waals surface area contributed by atoms with E-state index in [9.17, 15) is 4.79 Å². The average Bonchev–Trinajstić information content (AvgIpc) is 2.72. The molecule has 0 spiro atoms. The molecule has 0 unspecified atom stereocenters. The predicted molar refractivity (Wildman–Crippen MR) is 86.2 cm³/mol. The van der Waals surface area contributed by atoms with E-state index in [1.807, 2.05) is 68.9 Å². The fourth-order valence-electron chi connectivity index (χ4n) is 2.35. The normalized spacial score (nSPS) is 11.0. The number of carbonyl (C=O) groups excluding carboxylic acids is 1. The Bertz CT molecular complexity index is 656. The molecule has 0 fully saturated rings. The van der Waals surface area contributed by atoms with Gasteiger partial charge in [0.1, 0.15) is 0 Å². The Kier molecular flexibility index (Phi) is 4.58. The lowest BCUT2D eigenvalue weighted by atomic mass is 10.2. The molecule has 0 aliphatic rings. The van der Waals surface area contributed by atoms with Gasteiger partial charge < -0.3 is 4.90 Å². The van der Waals surface area contributed by atoms with Crippen molar-refractivity contribution in [3.05, 3.63) is 53.4 Å². The molecule has 0 saturated carbocycles. The van der Waals surface area contributed by atoms with E-state index in [1.165, 1.54) is 0 Å². The first kappa shape index (κ1) is 15.0. The molecule has 0 aliphatic carbocycles. The van der Waals surface area contributed by atoms with Gasteiger partial charge in [-0.1, -0.05) is 18.2 Å². The van der Waals surface area contributed by atoms with Gasteiger partial charge in [-0.2, -0.15) is 5.10 Å². The third-order valence-electron chi connectivity index (χ3n) is 3.61. The maximum absolute atomic E-state index is 12.4. The van der Waals surface area contributed by atoms with Crippen LogP contribution in [0.25, 0.3) is 6.08 Å². The van der Waals surface area contributed by atoms with Gasteiger partial charge in [0, 0.05) is 36.6 Å². The molecule has 4 heteroatoms. The van der Waals surface area contributed by atoms with Crippen LogP contribution in [-0.4, -0.2) is 22.2 Å². The first-order valence-corrected chi connectivity index (χ1v) is 7.09. The van der Waals surface area contributed by atoms with Gasteiger partial charge in [-0.15, -0.1) is 0 Å². The van der Waals surface area contributed by atoms with E-state index in [1.54, 1.807) is 11.0 Å². The highest BCUT2D eigenvalue weighted by molar-refractivity contribution is 6.03. The van der Waals surface area contributed by atoms with E-state index in [0.717, 1.165) is 22.6 Å². The second-order valence-electron chi connectivity index (χ2n) is 4.96. The van der Waals surface area contributed by atoms with Crippen molar-refractivity contribution < 1.29 is 4.79 Å². The van der Waals surface area contributed by atoms with E-state index >= 15 is 0 Å². The van der Waals surface area contributed by atoms with Crippen LogP contribution in [0, 0.1) is 13.8 Å². The zero-order chi connectivity index (χ0) is 15.4. The van der Waals surface area contributed by atoms with Gasteiger partial charge >= 0.3 is 0 Å². The number of aromatic nitrogens is 2. The number of hydrogen-bond acceptors (Lipinski definition) is 2. The number of likely N-dealkylation sites (N-methyl/N-ethyl adjacent to an activating group) is 1. The summed E-state index contributed by atoms with van der Waals surface area (Å²) in [7, 11) is 1.91. The maximum Gasteiger partial charge on any atom is 0.250 e. The van der Waals surface area contributed by atoms with Crippen molar-refractivity contribution in [3.8, 4) is 0 Å². The molecule has 1 amide bonds. The van der Waals surface area contributed by atoms with Gasteiger partial charge in [0.15, 0.2) is 0 Å². The minimum Gasteiger partial charge on any atom is -0.309 e. The Morgan fingerprint density at radius 2 is 1.95 bits per heavy atom. The van der Waals surface area contributed by atoms with Crippen LogP contribution >= 0.6 is 0 Å². The molecule has 21 heavy (non-hydrogen) atoms. The highest BCUT2D eigenvalue weighted by Gasteiger charge is 2.11. The summed E-state index contributed by atoms with van der Waals surface area (Å²) in [5.41, 5.74) is 3.91. The zero-order valence-corrected chi connectivity index (χ0v) is 13.0. The summed E-state index contributed by atoms with van der Waals surface area (Å²) in [6, 6.07) is 9.69. The molecule has 0 bridgehead atoms. The number of carbonyl (C=O) groups is 1. The lowest BCUT2D eigenvalue weighted by Gasteiger charge is -2.19. The smallest absolute Gasteiger partial charge is 0.250 e. The number of hydrogen-bond donors (Lipinski definition) is 0.